The Hall–Kier alpha value is -0.300. The van der Waals surface area contributed by atoms with E-state index < -0.39 is 0 Å². The third kappa shape index (κ3) is 2.21. The van der Waals surface area contributed by atoms with Crippen LogP contribution < -0.4 is 0 Å². The van der Waals surface area contributed by atoms with E-state index in [0.29, 0.717) is 16.7 Å². The largest absolute Gasteiger partial charge is 0.392 e. The van der Waals surface area contributed by atoms with Crippen molar-refractivity contribution in [3.63, 3.8) is 0 Å². The van der Waals surface area contributed by atoms with Crippen LogP contribution in [-0.4, -0.2) is 11.7 Å². The molecule has 4 fully saturated rings. The summed E-state index contributed by atoms with van der Waals surface area (Å²) in [7, 11) is 0. The molecular formula is C22H36O. The maximum atomic E-state index is 9.63. The van der Waals surface area contributed by atoms with Crippen LogP contribution >= 0.6 is 0 Å². The molecule has 0 amide bonds. The normalized spacial score (nSPS) is 52.4. The van der Waals surface area contributed by atoms with Crippen molar-refractivity contribution >= 4 is 0 Å². The maximum Gasteiger partial charge on any atom is 0.0642 e. The third-order valence-electron chi connectivity index (χ3n) is 9.28. The second-order valence-electron chi connectivity index (χ2n) is 9.89. The van der Waals surface area contributed by atoms with Gasteiger partial charge in [-0.05, 0) is 97.4 Å². The lowest BCUT2D eigenvalue weighted by molar-refractivity contribution is -0.108. The van der Waals surface area contributed by atoms with Gasteiger partial charge in [0, 0.05) is 0 Å². The molecule has 0 aromatic heterocycles. The molecule has 0 saturated heterocycles. The highest BCUT2D eigenvalue weighted by molar-refractivity contribution is 5.16. The highest BCUT2D eigenvalue weighted by Gasteiger charge is 2.59. The van der Waals surface area contributed by atoms with Gasteiger partial charge in [-0.25, -0.2) is 0 Å². The maximum absolute atomic E-state index is 9.63. The fourth-order valence-corrected chi connectivity index (χ4v) is 8.08. The van der Waals surface area contributed by atoms with Gasteiger partial charge in [0.25, 0.3) is 0 Å². The number of fused-ring (bicyclic) bond motifs is 5. The monoisotopic (exact) mass is 316 g/mol. The number of aliphatic hydroxyl groups excluding tert-OH is 1. The topological polar surface area (TPSA) is 20.2 Å². The fourth-order valence-electron chi connectivity index (χ4n) is 8.08. The first-order valence-electron chi connectivity index (χ1n) is 10.3. The zero-order valence-corrected chi connectivity index (χ0v) is 15.3. The molecule has 0 aromatic carbocycles. The van der Waals surface area contributed by atoms with Gasteiger partial charge in [-0.15, -0.1) is 0 Å². The van der Waals surface area contributed by atoms with Gasteiger partial charge in [-0.1, -0.05) is 33.3 Å². The van der Waals surface area contributed by atoms with E-state index in [2.05, 4.69) is 20.4 Å². The average molecular weight is 317 g/mol. The molecule has 4 aliphatic carbocycles. The van der Waals surface area contributed by atoms with Crippen LogP contribution in [0.2, 0.25) is 0 Å². The van der Waals surface area contributed by atoms with Crippen LogP contribution in [0, 0.1) is 40.4 Å². The molecule has 1 unspecified atom stereocenters. The third-order valence-corrected chi connectivity index (χ3v) is 9.28. The highest BCUT2D eigenvalue weighted by Crippen LogP contribution is 2.68. The summed E-state index contributed by atoms with van der Waals surface area (Å²) in [6.45, 7) is 9.63. The van der Waals surface area contributed by atoms with Crippen LogP contribution in [-0.2, 0) is 0 Å². The number of rotatable bonds is 2. The first-order chi connectivity index (χ1) is 11.0. The molecule has 1 heteroatoms. The van der Waals surface area contributed by atoms with Crippen molar-refractivity contribution in [2.45, 2.75) is 78.1 Å². The summed E-state index contributed by atoms with van der Waals surface area (Å²) in [6, 6.07) is 0. The number of aliphatic hydroxyl groups is 1. The first kappa shape index (κ1) is 16.2. The molecule has 0 bridgehead atoms. The van der Waals surface area contributed by atoms with Crippen LogP contribution in [0.4, 0.5) is 0 Å². The Morgan fingerprint density at radius 1 is 0.913 bits per heavy atom. The molecule has 1 nitrogen and oxygen atoms in total. The van der Waals surface area contributed by atoms with Crippen molar-refractivity contribution in [2.24, 2.45) is 40.4 Å². The molecule has 130 valence electrons. The molecule has 0 aliphatic heterocycles. The summed E-state index contributed by atoms with van der Waals surface area (Å²) in [6.07, 6.45) is 14.4. The van der Waals surface area contributed by atoms with E-state index in [0.717, 1.165) is 29.2 Å². The van der Waals surface area contributed by atoms with Gasteiger partial charge in [-0.3, -0.25) is 0 Å². The van der Waals surface area contributed by atoms with E-state index in [-0.39, 0.29) is 6.61 Å². The molecule has 0 radical (unpaired) electrons. The zero-order chi connectivity index (χ0) is 16.2. The number of hydrogen-bond donors (Lipinski definition) is 1. The lowest BCUT2D eigenvalue weighted by Crippen LogP contribution is -2.52. The molecule has 0 heterocycles. The Morgan fingerprint density at radius 2 is 1.70 bits per heavy atom. The minimum atomic E-state index is 0.195. The Labute approximate surface area is 142 Å². The van der Waals surface area contributed by atoms with Crippen molar-refractivity contribution in [3.8, 4) is 0 Å². The summed E-state index contributed by atoms with van der Waals surface area (Å²) < 4.78 is 0. The molecule has 4 saturated carbocycles. The lowest BCUT2D eigenvalue weighted by Gasteiger charge is -2.60. The summed E-state index contributed by atoms with van der Waals surface area (Å²) in [5, 5.41) is 9.63. The Kier molecular flexibility index (Phi) is 3.95. The molecule has 0 spiro atoms. The van der Waals surface area contributed by atoms with Crippen molar-refractivity contribution in [3.05, 3.63) is 12.2 Å². The predicted octanol–water partition coefficient (Wildman–Crippen LogP) is 5.58. The van der Waals surface area contributed by atoms with Gasteiger partial charge < -0.3 is 5.11 Å². The summed E-state index contributed by atoms with van der Waals surface area (Å²) in [5.74, 6) is 4.45. The summed E-state index contributed by atoms with van der Waals surface area (Å²) >= 11 is 0. The lowest BCUT2D eigenvalue weighted by atomic mass is 9.44. The van der Waals surface area contributed by atoms with E-state index in [1.807, 2.05) is 0 Å². The molecule has 1 N–H and O–H groups in total. The van der Waals surface area contributed by atoms with Crippen LogP contribution in [0.3, 0.4) is 0 Å². The van der Waals surface area contributed by atoms with Gasteiger partial charge >= 0.3 is 0 Å². The zero-order valence-electron chi connectivity index (χ0n) is 15.3. The van der Waals surface area contributed by atoms with Gasteiger partial charge in [0.2, 0.25) is 0 Å². The number of hydrogen-bond acceptors (Lipinski definition) is 1. The van der Waals surface area contributed by atoms with E-state index in [9.17, 15) is 5.11 Å². The van der Waals surface area contributed by atoms with Gasteiger partial charge in [0.05, 0.1) is 6.61 Å². The van der Waals surface area contributed by atoms with Gasteiger partial charge in [0.1, 0.15) is 0 Å². The first-order valence-corrected chi connectivity index (χ1v) is 10.3. The Morgan fingerprint density at radius 3 is 2.48 bits per heavy atom. The minimum Gasteiger partial charge on any atom is -0.392 e. The van der Waals surface area contributed by atoms with Crippen LogP contribution in [0.15, 0.2) is 12.2 Å². The quantitative estimate of drug-likeness (QED) is 0.659. The van der Waals surface area contributed by atoms with Crippen molar-refractivity contribution < 1.29 is 5.11 Å². The molecule has 0 aromatic rings. The van der Waals surface area contributed by atoms with E-state index >= 15 is 0 Å². The minimum absolute atomic E-state index is 0.195. The molecule has 4 rings (SSSR count). The smallest absolute Gasteiger partial charge is 0.0642 e. The average Bonchev–Trinajstić information content (AvgIpc) is 2.91. The molecule has 23 heavy (non-hydrogen) atoms. The van der Waals surface area contributed by atoms with Gasteiger partial charge in [0.15, 0.2) is 0 Å². The second kappa shape index (κ2) is 5.61. The van der Waals surface area contributed by atoms with Gasteiger partial charge in [-0.2, -0.15) is 0 Å². The van der Waals surface area contributed by atoms with Crippen LogP contribution in [0.25, 0.3) is 0 Å². The Balaban J connectivity index is 1.61. The molecule has 4 aliphatic rings. The summed E-state index contributed by atoms with van der Waals surface area (Å²) in [4.78, 5) is 0. The SMILES string of the molecule is C=C(CO)[C@H]1CC[C@H]2[C@@H]3CCC4CCCC[C@]4(C)[C@H]3CC[C@]12C. The predicted molar refractivity (Wildman–Crippen MR) is 96.1 cm³/mol. The molecular weight excluding hydrogens is 280 g/mol. The Bertz CT molecular complexity index is 482. The van der Waals surface area contributed by atoms with Crippen molar-refractivity contribution in [1.29, 1.82) is 0 Å². The van der Waals surface area contributed by atoms with E-state index in [4.69, 9.17) is 0 Å². The van der Waals surface area contributed by atoms with Crippen LogP contribution in [0.1, 0.15) is 78.1 Å². The summed E-state index contributed by atoms with van der Waals surface area (Å²) in [5.41, 5.74) is 2.19. The van der Waals surface area contributed by atoms with Crippen molar-refractivity contribution in [2.75, 3.05) is 6.61 Å². The standard InChI is InChI=1S/C22H36O/c1-15(14-23)18-9-10-19-17-8-7-16-6-4-5-12-21(16,2)20(17)11-13-22(18,19)3/h16-20,23H,1,4-14H2,2-3H3/t16?,17-,18+,19-,20-,21-,22+/m0/s1. The van der Waals surface area contributed by atoms with E-state index in [1.54, 1.807) is 0 Å². The highest BCUT2D eigenvalue weighted by atomic mass is 16.3. The second-order valence-corrected chi connectivity index (χ2v) is 9.89. The molecule has 7 atom stereocenters. The van der Waals surface area contributed by atoms with Crippen molar-refractivity contribution in [1.82, 2.24) is 0 Å². The van der Waals surface area contributed by atoms with Crippen LogP contribution in [0.5, 0.6) is 0 Å². The fraction of sp³-hybridized carbons (Fsp3) is 0.909. The van der Waals surface area contributed by atoms with E-state index in [1.165, 1.54) is 64.2 Å².